The van der Waals surface area contributed by atoms with Gasteiger partial charge in [-0.3, -0.25) is 4.18 Å². The van der Waals surface area contributed by atoms with Gasteiger partial charge in [-0.05, 0) is 24.3 Å². The van der Waals surface area contributed by atoms with Crippen LogP contribution in [0.3, 0.4) is 0 Å². The zero-order chi connectivity index (χ0) is 22.4. The van der Waals surface area contributed by atoms with Crippen molar-refractivity contribution in [1.29, 1.82) is 0 Å². The van der Waals surface area contributed by atoms with Crippen molar-refractivity contribution in [2.75, 3.05) is 23.8 Å². The van der Waals surface area contributed by atoms with Gasteiger partial charge in [-0.1, -0.05) is 6.07 Å². The molecule has 2 aromatic carbocycles. The molecular formula is C14H14N4Na2O9S3. The second-order valence-corrected chi connectivity index (χ2v) is 8.48. The van der Waals surface area contributed by atoms with Gasteiger partial charge in [0, 0.05) is 23.9 Å². The third-order valence-corrected chi connectivity index (χ3v) is 4.94. The summed E-state index contributed by atoms with van der Waals surface area (Å²) < 4.78 is 73.2. The predicted molar refractivity (Wildman–Crippen MR) is 104 cm³/mol. The molecule has 2 aromatic rings. The molecule has 0 aromatic heterocycles. The van der Waals surface area contributed by atoms with E-state index in [0.29, 0.717) is 12.0 Å². The van der Waals surface area contributed by atoms with Crippen molar-refractivity contribution in [2.45, 2.75) is 4.90 Å². The van der Waals surface area contributed by atoms with Crippen LogP contribution < -0.4 is 75.5 Å². The molecule has 0 aliphatic heterocycles. The minimum atomic E-state index is -4.82. The molecule has 0 heterocycles. The first kappa shape index (κ1) is 31.5. The number of rotatable bonds is 10. The molecule has 0 saturated heterocycles. The van der Waals surface area contributed by atoms with Gasteiger partial charge in [-0.25, -0.2) is 16.8 Å². The van der Waals surface area contributed by atoms with Gasteiger partial charge in [0.2, 0.25) is 10.4 Å². The Morgan fingerprint density at radius 3 is 2.28 bits per heavy atom. The van der Waals surface area contributed by atoms with Gasteiger partial charge < -0.3 is 25.5 Å². The van der Waals surface area contributed by atoms with Crippen molar-refractivity contribution in [3.63, 3.8) is 0 Å². The second kappa shape index (κ2) is 14.1. The number of hydrogen-bond acceptors (Lipinski definition) is 14. The number of nitrogen functional groups attached to an aromatic ring is 2. The van der Waals surface area contributed by atoms with Crippen molar-refractivity contribution in [3.05, 3.63) is 36.4 Å². The molecule has 4 N–H and O–H groups in total. The first-order chi connectivity index (χ1) is 14.0. The summed E-state index contributed by atoms with van der Waals surface area (Å²) in [4.78, 5) is 4.29. The Balaban J connectivity index is 0.00000480. The molecule has 0 unspecified atom stereocenters. The third kappa shape index (κ3) is 11.1. The van der Waals surface area contributed by atoms with Gasteiger partial charge in [-0.2, -0.15) is 5.11 Å². The summed E-state index contributed by atoms with van der Waals surface area (Å²) in [7, 11) is -9.58. The van der Waals surface area contributed by atoms with E-state index < -0.39 is 32.0 Å². The maximum absolute atomic E-state index is 11.2. The SMILES string of the molecule is Nc1cc(N)c(S(=O)(=O)[O-])cc1N=Nc1cccc(OOSCCOS(=O)(=O)[O-])c1.[Na+].[Na+]. The molecule has 13 nitrogen and oxygen atoms in total. The fourth-order valence-electron chi connectivity index (χ4n) is 1.88. The van der Waals surface area contributed by atoms with E-state index in [2.05, 4.69) is 14.4 Å². The first-order valence-corrected chi connectivity index (χ1v) is 11.3. The van der Waals surface area contributed by atoms with Gasteiger partial charge in [-0.15, -0.1) is 9.45 Å². The molecular weight excluding hydrogens is 510 g/mol. The van der Waals surface area contributed by atoms with Crippen LogP contribution in [0, 0.1) is 0 Å². The number of nitrogens with two attached hydrogens (primary N) is 2. The number of nitrogens with zero attached hydrogens (tertiary/aromatic N) is 2. The van der Waals surface area contributed by atoms with Crippen LogP contribution in [0.15, 0.2) is 51.5 Å². The van der Waals surface area contributed by atoms with Gasteiger partial charge in [0.05, 0.1) is 28.6 Å². The van der Waals surface area contributed by atoms with Crippen molar-refractivity contribution < 1.29 is 98.5 Å². The summed E-state index contributed by atoms with van der Waals surface area (Å²) >= 11 is 0.693. The first-order valence-electron chi connectivity index (χ1n) is 7.69. The van der Waals surface area contributed by atoms with E-state index in [9.17, 15) is 25.9 Å². The third-order valence-electron chi connectivity index (χ3n) is 3.09. The molecule has 32 heavy (non-hydrogen) atoms. The maximum atomic E-state index is 11.2. The van der Waals surface area contributed by atoms with Crippen LogP contribution in [-0.2, 0) is 29.0 Å². The molecule has 0 amide bonds. The van der Waals surface area contributed by atoms with E-state index in [1.807, 2.05) is 0 Å². The van der Waals surface area contributed by atoms with E-state index in [0.717, 1.165) is 12.1 Å². The fraction of sp³-hybridized carbons (Fsp3) is 0.143. The summed E-state index contributed by atoms with van der Waals surface area (Å²) in [6, 6.07) is 8.01. The number of benzene rings is 2. The van der Waals surface area contributed by atoms with Crippen LogP contribution in [-0.4, -0.2) is 38.3 Å². The van der Waals surface area contributed by atoms with Crippen LogP contribution in [0.4, 0.5) is 22.7 Å². The maximum Gasteiger partial charge on any atom is 1.00 e. The summed E-state index contributed by atoms with van der Waals surface area (Å²) in [6.07, 6.45) is 0. The normalized spacial score (nSPS) is 11.6. The molecule has 0 aliphatic carbocycles. The van der Waals surface area contributed by atoms with Crippen molar-refractivity contribution >= 4 is 55.3 Å². The van der Waals surface area contributed by atoms with Crippen LogP contribution in [0.1, 0.15) is 0 Å². The van der Waals surface area contributed by atoms with Crippen LogP contribution in [0.2, 0.25) is 0 Å². The predicted octanol–water partition coefficient (Wildman–Crippen LogP) is -4.39. The molecule has 0 radical (unpaired) electrons. The standard InChI is InChI=1S/C14H16N4O9S3.2Na/c15-11-7-12(16)14(29(19,20)21)8-13(11)18-17-9-2-1-3-10(6-9)26-27-28-5-4-25-30(22,23)24;;/h1-3,6-8H,4-5,15-16H2,(H,19,20,21)(H,22,23,24);;/q;2*+1/p-2. The minimum Gasteiger partial charge on any atom is -0.744 e. The van der Waals surface area contributed by atoms with Crippen LogP contribution in [0.5, 0.6) is 5.75 Å². The van der Waals surface area contributed by atoms with Gasteiger partial charge in [0.25, 0.3) is 0 Å². The van der Waals surface area contributed by atoms with Gasteiger partial charge in [0.1, 0.15) is 15.8 Å². The van der Waals surface area contributed by atoms with Gasteiger partial charge >= 0.3 is 59.1 Å². The Labute approximate surface area is 232 Å². The largest absolute Gasteiger partial charge is 1.00 e. The molecule has 0 atom stereocenters. The summed E-state index contributed by atoms with van der Waals surface area (Å²) in [6.45, 7) is -0.391. The monoisotopic (exact) mass is 524 g/mol. The van der Waals surface area contributed by atoms with Gasteiger partial charge in [0.15, 0.2) is 5.75 Å². The fourth-order valence-corrected chi connectivity index (χ4v) is 3.23. The molecule has 164 valence electrons. The molecule has 0 saturated carbocycles. The van der Waals surface area contributed by atoms with Crippen molar-refractivity contribution in [3.8, 4) is 5.75 Å². The average molecular weight is 524 g/mol. The second-order valence-electron chi connectivity index (χ2n) is 5.30. The summed E-state index contributed by atoms with van der Waals surface area (Å²) in [5.41, 5.74) is 11.1. The average Bonchev–Trinajstić information content (AvgIpc) is 2.62. The topological polar surface area (TPSA) is 219 Å². The summed E-state index contributed by atoms with van der Waals surface area (Å²) in [5, 5.41) is 7.69. The Morgan fingerprint density at radius 1 is 0.969 bits per heavy atom. The van der Waals surface area contributed by atoms with Crippen LogP contribution >= 0.6 is 12.0 Å². The molecule has 0 spiro atoms. The van der Waals surface area contributed by atoms with E-state index in [4.69, 9.17) is 20.7 Å². The minimum absolute atomic E-state index is 0. The molecule has 18 heteroatoms. The van der Waals surface area contributed by atoms with E-state index in [1.54, 1.807) is 6.07 Å². The number of azo groups is 1. The Hall–Kier alpha value is -0.470. The zero-order valence-corrected chi connectivity index (χ0v) is 23.3. The van der Waals surface area contributed by atoms with Crippen molar-refractivity contribution in [1.82, 2.24) is 0 Å². The van der Waals surface area contributed by atoms with E-state index in [-0.39, 0.29) is 93.4 Å². The van der Waals surface area contributed by atoms with E-state index in [1.165, 1.54) is 18.2 Å². The quantitative estimate of drug-likeness (QED) is 0.0346. The zero-order valence-electron chi connectivity index (χ0n) is 16.8. The Morgan fingerprint density at radius 2 is 1.66 bits per heavy atom. The molecule has 0 bridgehead atoms. The van der Waals surface area contributed by atoms with Crippen LogP contribution in [0.25, 0.3) is 0 Å². The Bertz CT molecular complexity index is 1150. The van der Waals surface area contributed by atoms with E-state index >= 15 is 0 Å². The number of anilines is 2. The molecule has 2 rings (SSSR count). The Kier molecular flexibility index (Phi) is 13.8. The molecule has 0 aliphatic rings. The molecule has 0 fully saturated rings. The summed E-state index contributed by atoms with van der Waals surface area (Å²) in [5.74, 6) is 0.201. The number of hydrogen-bond donors (Lipinski definition) is 2. The van der Waals surface area contributed by atoms with Crippen molar-refractivity contribution in [2.24, 2.45) is 10.2 Å². The smallest absolute Gasteiger partial charge is 0.744 e.